The van der Waals surface area contributed by atoms with Gasteiger partial charge in [0.2, 0.25) is 0 Å². The summed E-state index contributed by atoms with van der Waals surface area (Å²) in [6.07, 6.45) is 8.12. The SMILES string of the molecule is Oc1ccc2ccccc2c1[C@@H](c1ccccc1)N1CCCC[C@H]1/C=C/c1ccccc1. The maximum Gasteiger partial charge on any atom is 0.121 e. The molecule has 1 aliphatic rings. The Morgan fingerprint density at radius 2 is 1.50 bits per heavy atom. The molecule has 2 atom stereocenters. The average Bonchev–Trinajstić information content (AvgIpc) is 2.86. The molecule has 0 saturated carbocycles. The second kappa shape index (κ2) is 9.42. The van der Waals surface area contributed by atoms with Gasteiger partial charge in [-0.25, -0.2) is 0 Å². The Morgan fingerprint density at radius 3 is 2.31 bits per heavy atom. The molecule has 4 aromatic rings. The molecule has 1 fully saturated rings. The normalized spacial score (nSPS) is 18.2. The summed E-state index contributed by atoms with van der Waals surface area (Å²) in [5.74, 6) is 0.369. The van der Waals surface area contributed by atoms with Crippen molar-refractivity contribution in [2.24, 2.45) is 0 Å². The molecule has 4 aromatic carbocycles. The third-order valence-corrected chi connectivity index (χ3v) is 6.57. The first-order valence-corrected chi connectivity index (χ1v) is 11.6. The van der Waals surface area contributed by atoms with Crippen LogP contribution in [0.4, 0.5) is 0 Å². The third kappa shape index (κ3) is 4.19. The molecule has 2 nitrogen and oxygen atoms in total. The molecule has 0 aromatic heterocycles. The molecule has 2 heteroatoms. The first-order valence-electron chi connectivity index (χ1n) is 11.6. The van der Waals surface area contributed by atoms with E-state index < -0.39 is 0 Å². The van der Waals surface area contributed by atoms with Crippen LogP contribution < -0.4 is 0 Å². The summed E-state index contributed by atoms with van der Waals surface area (Å²) >= 11 is 0. The first-order chi connectivity index (χ1) is 15.8. The minimum Gasteiger partial charge on any atom is -0.508 e. The maximum atomic E-state index is 11.1. The van der Waals surface area contributed by atoms with E-state index in [1.54, 1.807) is 0 Å². The highest BCUT2D eigenvalue weighted by Gasteiger charge is 2.32. The molecule has 0 spiro atoms. The van der Waals surface area contributed by atoms with Gasteiger partial charge in [-0.3, -0.25) is 4.90 Å². The van der Waals surface area contributed by atoms with Gasteiger partial charge in [-0.2, -0.15) is 0 Å². The van der Waals surface area contributed by atoms with Gasteiger partial charge >= 0.3 is 0 Å². The number of aromatic hydroxyl groups is 1. The zero-order valence-electron chi connectivity index (χ0n) is 18.3. The van der Waals surface area contributed by atoms with E-state index in [4.69, 9.17) is 0 Å². The Hall–Kier alpha value is -3.36. The van der Waals surface area contributed by atoms with Gasteiger partial charge < -0.3 is 5.11 Å². The number of hydrogen-bond donors (Lipinski definition) is 1. The number of nitrogens with zero attached hydrogens (tertiary/aromatic N) is 1. The van der Waals surface area contributed by atoms with Crippen LogP contribution in [0.25, 0.3) is 16.8 Å². The summed E-state index contributed by atoms with van der Waals surface area (Å²) in [5, 5.41) is 13.4. The number of phenols is 1. The zero-order chi connectivity index (χ0) is 21.8. The minimum atomic E-state index is -0.00646. The van der Waals surface area contributed by atoms with Crippen molar-refractivity contribution in [3.05, 3.63) is 120 Å². The van der Waals surface area contributed by atoms with E-state index >= 15 is 0 Å². The van der Waals surface area contributed by atoms with Crippen molar-refractivity contribution in [2.75, 3.05) is 6.54 Å². The van der Waals surface area contributed by atoms with Crippen LogP contribution in [0.1, 0.15) is 42.0 Å². The number of piperidine rings is 1. The summed E-state index contributed by atoms with van der Waals surface area (Å²) < 4.78 is 0. The third-order valence-electron chi connectivity index (χ3n) is 6.57. The van der Waals surface area contributed by atoms with Gasteiger partial charge in [0.1, 0.15) is 5.75 Å². The molecule has 160 valence electrons. The summed E-state index contributed by atoms with van der Waals surface area (Å²) in [6, 6.07) is 33.7. The Balaban J connectivity index is 1.63. The van der Waals surface area contributed by atoms with Gasteiger partial charge in [0.05, 0.1) is 6.04 Å². The number of benzene rings is 4. The van der Waals surface area contributed by atoms with E-state index in [0.717, 1.165) is 29.3 Å². The van der Waals surface area contributed by atoms with E-state index in [1.807, 2.05) is 12.1 Å². The van der Waals surface area contributed by atoms with Gasteiger partial charge in [-0.05, 0) is 47.4 Å². The fourth-order valence-corrected chi connectivity index (χ4v) is 5.02. The van der Waals surface area contributed by atoms with Gasteiger partial charge in [-0.15, -0.1) is 0 Å². The predicted molar refractivity (Wildman–Crippen MR) is 134 cm³/mol. The highest BCUT2D eigenvalue weighted by molar-refractivity contribution is 5.88. The van der Waals surface area contributed by atoms with Crippen LogP contribution in [0.5, 0.6) is 5.75 Å². The van der Waals surface area contributed by atoms with E-state index in [9.17, 15) is 5.11 Å². The fourth-order valence-electron chi connectivity index (χ4n) is 5.02. The van der Waals surface area contributed by atoms with Crippen molar-refractivity contribution in [1.29, 1.82) is 0 Å². The number of likely N-dealkylation sites (tertiary alicyclic amines) is 1. The average molecular weight is 420 g/mol. The highest BCUT2D eigenvalue weighted by Crippen LogP contribution is 2.42. The smallest absolute Gasteiger partial charge is 0.121 e. The lowest BCUT2D eigenvalue weighted by atomic mass is 9.88. The van der Waals surface area contributed by atoms with Crippen molar-refractivity contribution in [2.45, 2.75) is 31.3 Å². The quantitative estimate of drug-likeness (QED) is 0.370. The zero-order valence-corrected chi connectivity index (χ0v) is 18.3. The lowest BCUT2D eigenvalue weighted by Gasteiger charge is -2.41. The first kappa shape index (κ1) is 20.5. The predicted octanol–water partition coefficient (Wildman–Crippen LogP) is 7.20. The van der Waals surface area contributed by atoms with Crippen LogP contribution in [0.15, 0.2) is 103 Å². The lowest BCUT2D eigenvalue weighted by Crippen LogP contribution is -2.41. The highest BCUT2D eigenvalue weighted by atomic mass is 16.3. The Labute approximate surface area is 190 Å². The standard InChI is InChI=1S/C30H29NO/c32-28-21-19-24-13-7-8-17-27(24)29(28)30(25-14-5-2-6-15-25)31-22-10-9-16-26(31)20-18-23-11-3-1-4-12-23/h1-8,11-15,17-21,26,30,32H,9-10,16,22H2/b20-18+/t26-,30+/m0/s1. The molecule has 1 N–H and O–H groups in total. The molecule has 0 amide bonds. The second-order valence-corrected chi connectivity index (χ2v) is 8.60. The van der Waals surface area contributed by atoms with Crippen LogP contribution in [0.3, 0.4) is 0 Å². The lowest BCUT2D eigenvalue weighted by molar-refractivity contribution is 0.142. The molecule has 0 unspecified atom stereocenters. The van der Waals surface area contributed by atoms with Crippen LogP contribution in [-0.2, 0) is 0 Å². The van der Waals surface area contributed by atoms with Crippen LogP contribution in [-0.4, -0.2) is 22.6 Å². The van der Waals surface area contributed by atoms with E-state index in [-0.39, 0.29) is 6.04 Å². The molecule has 0 radical (unpaired) electrons. The minimum absolute atomic E-state index is 0.00646. The summed E-state index contributed by atoms with van der Waals surface area (Å²) in [4.78, 5) is 2.58. The Bertz CT molecular complexity index is 1200. The van der Waals surface area contributed by atoms with Crippen molar-refractivity contribution in [3.63, 3.8) is 0 Å². The fraction of sp³-hybridized carbons (Fsp3) is 0.200. The summed E-state index contributed by atoms with van der Waals surface area (Å²) in [5.41, 5.74) is 3.45. The van der Waals surface area contributed by atoms with Crippen molar-refractivity contribution in [3.8, 4) is 5.75 Å². The summed E-state index contributed by atoms with van der Waals surface area (Å²) in [7, 11) is 0. The Morgan fingerprint density at radius 1 is 0.781 bits per heavy atom. The van der Waals surface area contributed by atoms with Crippen molar-refractivity contribution >= 4 is 16.8 Å². The molecule has 1 saturated heterocycles. The van der Waals surface area contributed by atoms with Gasteiger partial charge in [0, 0.05) is 11.6 Å². The van der Waals surface area contributed by atoms with Crippen molar-refractivity contribution in [1.82, 2.24) is 4.90 Å². The van der Waals surface area contributed by atoms with Gasteiger partial charge in [0.25, 0.3) is 0 Å². The van der Waals surface area contributed by atoms with E-state index in [1.165, 1.54) is 24.0 Å². The van der Waals surface area contributed by atoms with Gasteiger partial charge in [0.15, 0.2) is 0 Å². The molecule has 32 heavy (non-hydrogen) atoms. The molecule has 0 aliphatic carbocycles. The second-order valence-electron chi connectivity index (χ2n) is 8.60. The molecule has 0 bridgehead atoms. The number of fused-ring (bicyclic) bond motifs is 1. The molecular weight excluding hydrogens is 390 g/mol. The van der Waals surface area contributed by atoms with E-state index in [2.05, 4.69) is 102 Å². The largest absolute Gasteiger partial charge is 0.508 e. The van der Waals surface area contributed by atoms with E-state index in [0.29, 0.717) is 11.8 Å². The van der Waals surface area contributed by atoms with Gasteiger partial charge in [-0.1, -0.05) is 110 Å². The van der Waals surface area contributed by atoms with Crippen LogP contribution in [0, 0.1) is 0 Å². The maximum absolute atomic E-state index is 11.1. The Kier molecular flexibility index (Phi) is 6.04. The topological polar surface area (TPSA) is 23.5 Å². The van der Waals surface area contributed by atoms with Crippen LogP contribution in [0.2, 0.25) is 0 Å². The molecule has 1 aliphatic heterocycles. The monoisotopic (exact) mass is 419 g/mol. The number of phenolic OH excluding ortho intramolecular Hbond substituents is 1. The molecule has 1 heterocycles. The summed E-state index contributed by atoms with van der Waals surface area (Å²) in [6.45, 7) is 1.01. The molecule has 5 rings (SSSR count). The van der Waals surface area contributed by atoms with Crippen LogP contribution >= 0.6 is 0 Å². The van der Waals surface area contributed by atoms with Crippen molar-refractivity contribution < 1.29 is 5.11 Å². The number of hydrogen-bond acceptors (Lipinski definition) is 2. The molecular formula is C30H29NO. The number of rotatable bonds is 5.